The molecule has 1 aliphatic heterocycles. The minimum Gasteiger partial charge on any atom is -0.347 e. The second kappa shape index (κ2) is 2.87. The third kappa shape index (κ3) is 1.43. The standard InChI is InChI=1S/C9H13N3O/c1-6-5-8(10-9(6)13)7-3-4-12(2)11-7/h3-4,6,8H,5H2,1-2H3,(H,10,13)/t6-,8-/m0/s1. The van der Waals surface area contributed by atoms with Crippen molar-refractivity contribution in [3.05, 3.63) is 18.0 Å². The van der Waals surface area contributed by atoms with Crippen LogP contribution in [0.1, 0.15) is 25.1 Å². The molecule has 0 radical (unpaired) electrons. The van der Waals surface area contributed by atoms with E-state index in [0.717, 1.165) is 12.1 Å². The molecule has 2 heterocycles. The zero-order chi connectivity index (χ0) is 9.42. The minimum atomic E-state index is 0.115. The van der Waals surface area contributed by atoms with E-state index in [1.165, 1.54) is 0 Å². The van der Waals surface area contributed by atoms with Crippen LogP contribution in [0.3, 0.4) is 0 Å². The molecule has 1 saturated heterocycles. The molecule has 1 amide bonds. The number of carbonyl (C=O) groups is 1. The van der Waals surface area contributed by atoms with Gasteiger partial charge in [-0.05, 0) is 12.5 Å². The number of aromatic nitrogens is 2. The predicted molar refractivity (Wildman–Crippen MR) is 47.9 cm³/mol. The minimum absolute atomic E-state index is 0.115. The van der Waals surface area contributed by atoms with Crippen LogP contribution in [-0.2, 0) is 11.8 Å². The van der Waals surface area contributed by atoms with Crippen molar-refractivity contribution in [2.45, 2.75) is 19.4 Å². The van der Waals surface area contributed by atoms with Gasteiger partial charge in [-0.1, -0.05) is 6.92 Å². The number of hydrogen-bond donors (Lipinski definition) is 1. The van der Waals surface area contributed by atoms with Crippen LogP contribution in [-0.4, -0.2) is 15.7 Å². The first-order chi connectivity index (χ1) is 6.16. The van der Waals surface area contributed by atoms with Crippen LogP contribution in [0.15, 0.2) is 12.3 Å². The number of hydrogen-bond acceptors (Lipinski definition) is 2. The van der Waals surface area contributed by atoms with Gasteiger partial charge in [0, 0.05) is 19.2 Å². The summed E-state index contributed by atoms with van der Waals surface area (Å²) in [5.41, 5.74) is 0.959. The van der Waals surface area contributed by atoms with Gasteiger partial charge in [0.15, 0.2) is 0 Å². The average Bonchev–Trinajstić information content (AvgIpc) is 2.61. The molecular weight excluding hydrogens is 166 g/mol. The number of amides is 1. The smallest absolute Gasteiger partial charge is 0.223 e. The molecule has 0 aromatic carbocycles. The third-order valence-electron chi connectivity index (χ3n) is 2.44. The molecule has 13 heavy (non-hydrogen) atoms. The molecule has 2 atom stereocenters. The maximum atomic E-state index is 11.2. The van der Waals surface area contributed by atoms with E-state index in [1.54, 1.807) is 4.68 Å². The lowest BCUT2D eigenvalue weighted by atomic mass is 10.1. The van der Waals surface area contributed by atoms with Crippen molar-refractivity contribution in [3.63, 3.8) is 0 Å². The third-order valence-corrected chi connectivity index (χ3v) is 2.44. The maximum absolute atomic E-state index is 11.2. The van der Waals surface area contributed by atoms with E-state index in [9.17, 15) is 4.79 Å². The fourth-order valence-electron chi connectivity index (χ4n) is 1.65. The van der Waals surface area contributed by atoms with Crippen molar-refractivity contribution in [3.8, 4) is 0 Å². The first-order valence-corrected chi connectivity index (χ1v) is 4.47. The summed E-state index contributed by atoms with van der Waals surface area (Å²) in [6.07, 6.45) is 2.75. The van der Waals surface area contributed by atoms with Gasteiger partial charge in [0.05, 0.1) is 11.7 Å². The number of aryl methyl sites for hydroxylation is 1. The Bertz CT molecular complexity index is 331. The quantitative estimate of drug-likeness (QED) is 0.687. The monoisotopic (exact) mass is 179 g/mol. The summed E-state index contributed by atoms with van der Waals surface area (Å²) < 4.78 is 1.75. The van der Waals surface area contributed by atoms with Crippen LogP contribution >= 0.6 is 0 Å². The second-order valence-corrected chi connectivity index (χ2v) is 3.61. The number of rotatable bonds is 1. The van der Waals surface area contributed by atoms with E-state index in [-0.39, 0.29) is 17.9 Å². The molecule has 1 N–H and O–H groups in total. The Kier molecular flexibility index (Phi) is 1.83. The van der Waals surface area contributed by atoms with Crippen molar-refractivity contribution in [1.82, 2.24) is 15.1 Å². The molecule has 0 aliphatic carbocycles. The Morgan fingerprint density at radius 3 is 2.92 bits per heavy atom. The van der Waals surface area contributed by atoms with Crippen molar-refractivity contribution in [2.24, 2.45) is 13.0 Å². The Morgan fingerprint density at radius 2 is 2.46 bits per heavy atom. The molecule has 0 spiro atoms. The highest BCUT2D eigenvalue weighted by Gasteiger charge is 2.30. The molecule has 1 aromatic rings. The topological polar surface area (TPSA) is 46.9 Å². The summed E-state index contributed by atoms with van der Waals surface area (Å²) >= 11 is 0. The molecule has 1 fully saturated rings. The molecule has 70 valence electrons. The van der Waals surface area contributed by atoms with Crippen molar-refractivity contribution >= 4 is 5.91 Å². The fraction of sp³-hybridized carbons (Fsp3) is 0.556. The maximum Gasteiger partial charge on any atom is 0.223 e. The summed E-state index contributed by atoms with van der Waals surface area (Å²) in [7, 11) is 1.88. The Labute approximate surface area is 76.9 Å². The number of nitrogens with zero attached hydrogens (tertiary/aromatic N) is 2. The molecule has 0 unspecified atom stereocenters. The van der Waals surface area contributed by atoms with Gasteiger partial charge in [-0.25, -0.2) is 0 Å². The summed E-state index contributed by atoms with van der Waals surface area (Å²) in [6, 6.07) is 2.06. The molecule has 0 saturated carbocycles. The van der Waals surface area contributed by atoms with Gasteiger partial charge in [-0.15, -0.1) is 0 Å². The Hall–Kier alpha value is -1.32. The molecule has 2 rings (SSSR count). The van der Waals surface area contributed by atoms with Gasteiger partial charge in [0.25, 0.3) is 0 Å². The molecule has 4 heteroatoms. The highest BCUT2D eigenvalue weighted by molar-refractivity contribution is 5.81. The fourth-order valence-corrected chi connectivity index (χ4v) is 1.65. The van der Waals surface area contributed by atoms with Gasteiger partial charge >= 0.3 is 0 Å². The SMILES string of the molecule is C[C@H]1C[C@@H](c2ccn(C)n2)NC1=O. The number of carbonyl (C=O) groups excluding carboxylic acids is 1. The first kappa shape index (κ1) is 8.29. The van der Waals surface area contributed by atoms with Gasteiger partial charge in [-0.3, -0.25) is 9.48 Å². The summed E-state index contributed by atoms with van der Waals surface area (Å²) in [4.78, 5) is 11.2. The van der Waals surface area contributed by atoms with Crippen LogP contribution in [0.5, 0.6) is 0 Å². The predicted octanol–water partition coefficient (Wildman–Crippen LogP) is 0.617. The van der Waals surface area contributed by atoms with Crippen molar-refractivity contribution < 1.29 is 4.79 Å². The highest BCUT2D eigenvalue weighted by atomic mass is 16.2. The van der Waals surface area contributed by atoms with E-state index in [0.29, 0.717) is 0 Å². The van der Waals surface area contributed by atoms with Crippen LogP contribution < -0.4 is 5.32 Å². The lowest BCUT2D eigenvalue weighted by molar-refractivity contribution is -0.122. The van der Waals surface area contributed by atoms with Gasteiger partial charge in [-0.2, -0.15) is 5.10 Å². The zero-order valence-electron chi connectivity index (χ0n) is 7.82. The summed E-state index contributed by atoms with van der Waals surface area (Å²) in [6.45, 7) is 1.94. The summed E-state index contributed by atoms with van der Waals surface area (Å²) in [5, 5.41) is 7.18. The van der Waals surface area contributed by atoms with Crippen LogP contribution in [0.25, 0.3) is 0 Å². The van der Waals surface area contributed by atoms with E-state index >= 15 is 0 Å². The molecule has 1 aromatic heterocycles. The highest BCUT2D eigenvalue weighted by Crippen LogP contribution is 2.25. The van der Waals surface area contributed by atoms with E-state index in [4.69, 9.17) is 0 Å². The largest absolute Gasteiger partial charge is 0.347 e. The van der Waals surface area contributed by atoms with E-state index < -0.39 is 0 Å². The van der Waals surface area contributed by atoms with Gasteiger partial charge in [0.2, 0.25) is 5.91 Å². The van der Waals surface area contributed by atoms with E-state index in [1.807, 2.05) is 26.2 Å². The van der Waals surface area contributed by atoms with E-state index in [2.05, 4.69) is 10.4 Å². The van der Waals surface area contributed by atoms with Crippen LogP contribution in [0.4, 0.5) is 0 Å². The molecule has 4 nitrogen and oxygen atoms in total. The molecular formula is C9H13N3O. The zero-order valence-corrected chi connectivity index (χ0v) is 7.82. The summed E-state index contributed by atoms with van der Waals surface area (Å²) in [5.74, 6) is 0.252. The number of nitrogens with one attached hydrogen (secondary N) is 1. The van der Waals surface area contributed by atoms with Crippen molar-refractivity contribution in [1.29, 1.82) is 0 Å². The van der Waals surface area contributed by atoms with Gasteiger partial charge < -0.3 is 5.32 Å². The molecule has 0 bridgehead atoms. The van der Waals surface area contributed by atoms with Crippen LogP contribution in [0.2, 0.25) is 0 Å². The normalized spacial score (nSPS) is 27.7. The lowest BCUT2D eigenvalue weighted by Gasteiger charge is -2.04. The Balaban J connectivity index is 2.16. The van der Waals surface area contributed by atoms with Crippen LogP contribution in [0, 0.1) is 5.92 Å². The first-order valence-electron chi connectivity index (χ1n) is 4.47. The second-order valence-electron chi connectivity index (χ2n) is 3.61. The van der Waals surface area contributed by atoms with Gasteiger partial charge in [0.1, 0.15) is 0 Å². The Morgan fingerprint density at radius 1 is 1.69 bits per heavy atom. The average molecular weight is 179 g/mol. The lowest BCUT2D eigenvalue weighted by Crippen LogP contribution is -2.20. The molecule has 1 aliphatic rings. The van der Waals surface area contributed by atoms with Crippen molar-refractivity contribution in [2.75, 3.05) is 0 Å².